The minimum atomic E-state index is 0.517. The molecular weight excluding hydrogens is 314 g/mol. The third-order valence-electron chi connectivity index (χ3n) is 2.79. The maximum absolute atomic E-state index is 6.00. The van der Waals surface area contributed by atoms with Gasteiger partial charge in [-0.2, -0.15) is 0 Å². The minimum absolute atomic E-state index is 0.517. The van der Waals surface area contributed by atoms with E-state index in [-0.39, 0.29) is 0 Å². The van der Waals surface area contributed by atoms with Gasteiger partial charge in [-0.25, -0.2) is 9.97 Å². The highest BCUT2D eigenvalue weighted by molar-refractivity contribution is 9.10. The molecular formula is C13H13BrClN3. The number of nitrogen functional groups attached to an aromatic ring is 1. The summed E-state index contributed by atoms with van der Waals surface area (Å²) in [5.74, 6) is 1.12. The van der Waals surface area contributed by atoms with E-state index in [0.29, 0.717) is 16.7 Å². The van der Waals surface area contributed by atoms with E-state index in [0.717, 1.165) is 27.7 Å². The first-order valence-electron chi connectivity index (χ1n) is 5.61. The monoisotopic (exact) mass is 325 g/mol. The quantitative estimate of drug-likeness (QED) is 0.907. The Morgan fingerprint density at radius 3 is 2.72 bits per heavy atom. The molecule has 1 heterocycles. The fraction of sp³-hybridized carbons (Fsp3) is 0.231. The van der Waals surface area contributed by atoms with E-state index < -0.39 is 0 Å². The zero-order chi connectivity index (χ0) is 13.3. The van der Waals surface area contributed by atoms with Crippen LogP contribution in [0, 0.1) is 6.92 Å². The summed E-state index contributed by atoms with van der Waals surface area (Å²) < 4.78 is 0.900. The van der Waals surface area contributed by atoms with Crippen molar-refractivity contribution in [1.82, 2.24) is 9.97 Å². The van der Waals surface area contributed by atoms with Gasteiger partial charge in [0.15, 0.2) is 5.82 Å². The number of aromatic nitrogens is 2. The lowest BCUT2D eigenvalue weighted by molar-refractivity contribution is 0.981. The highest BCUT2D eigenvalue weighted by Gasteiger charge is 2.12. The summed E-state index contributed by atoms with van der Waals surface area (Å²) in [5, 5.41) is 0.647. The molecule has 0 fully saturated rings. The molecule has 5 heteroatoms. The first kappa shape index (κ1) is 13.3. The van der Waals surface area contributed by atoms with Gasteiger partial charge in [-0.3, -0.25) is 0 Å². The minimum Gasteiger partial charge on any atom is -0.383 e. The van der Waals surface area contributed by atoms with Crippen molar-refractivity contribution in [1.29, 1.82) is 0 Å². The standard InChI is InChI=1S/C13H13BrClN3/c1-3-11-7(2)12(16)18-13(17-11)9-6-8(15)4-5-10(9)14/h4-6H,3H2,1-2H3,(H2,16,17,18). The third-order valence-corrected chi connectivity index (χ3v) is 3.72. The summed E-state index contributed by atoms with van der Waals surface area (Å²) in [7, 11) is 0. The highest BCUT2D eigenvalue weighted by atomic mass is 79.9. The molecule has 0 atom stereocenters. The Kier molecular flexibility index (Phi) is 3.88. The normalized spacial score (nSPS) is 10.7. The number of benzene rings is 1. The summed E-state index contributed by atoms with van der Waals surface area (Å²) >= 11 is 9.48. The number of hydrogen-bond acceptors (Lipinski definition) is 3. The van der Waals surface area contributed by atoms with Crippen LogP contribution in [0.2, 0.25) is 5.02 Å². The molecule has 0 spiro atoms. The van der Waals surface area contributed by atoms with Crippen LogP contribution in [0.4, 0.5) is 5.82 Å². The van der Waals surface area contributed by atoms with Crippen molar-refractivity contribution in [2.45, 2.75) is 20.3 Å². The van der Waals surface area contributed by atoms with E-state index >= 15 is 0 Å². The summed E-state index contributed by atoms with van der Waals surface area (Å²) in [5.41, 5.74) is 8.68. The first-order valence-corrected chi connectivity index (χ1v) is 6.78. The third kappa shape index (κ3) is 2.49. The Morgan fingerprint density at radius 1 is 1.33 bits per heavy atom. The van der Waals surface area contributed by atoms with Gasteiger partial charge in [-0.1, -0.05) is 34.5 Å². The van der Waals surface area contributed by atoms with E-state index in [4.69, 9.17) is 17.3 Å². The Labute approximate surface area is 120 Å². The van der Waals surface area contributed by atoms with Crippen LogP contribution in [-0.4, -0.2) is 9.97 Å². The fourth-order valence-electron chi connectivity index (χ4n) is 1.72. The average Bonchev–Trinajstić information content (AvgIpc) is 2.35. The largest absolute Gasteiger partial charge is 0.383 e. The van der Waals surface area contributed by atoms with E-state index in [9.17, 15) is 0 Å². The van der Waals surface area contributed by atoms with Gasteiger partial charge in [0, 0.05) is 26.3 Å². The molecule has 3 nitrogen and oxygen atoms in total. The molecule has 0 unspecified atom stereocenters. The van der Waals surface area contributed by atoms with E-state index in [1.807, 2.05) is 32.0 Å². The number of nitrogens with zero attached hydrogens (tertiary/aromatic N) is 2. The Balaban J connectivity index is 2.64. The molecule has 1 aromatic carbocycles. The number of hydrogen-bond donors (Lipinski definition) is 1. The molecule has 0 aliphatic heterocycles. The van der Waals surface area contributed by atoms with Crippen molar-refractivity contribution in [2.75, 3.05) is 5.73 Å². The van der Waals surface area contributed by atoms with Crippen LogP contribution in [0.3, 0.4) is 0 Å². The van der Waals surface area contributed by atoms with Crippen LogP contribution in [0.25, 0.3) is 11.4 Å². The first-order chi connectivity index (χ1) is 8.52. The van der Waals surface area contributed by atoms with Crippen molar-refractivity contribution < 1.29 is 0 Å². The molecule has 18 heavy (non-hydrogen) atoms. The van der Waals surface area contributed by atoms with Crippen LogP contribution >= 0.6 is 27.5 Å². The van der Waals surface area contributed by atoms with E-state index in [1.165, 1.54) is 0 Å². The topological polar surface area (TPSA) is 51.8 Å². The number of nitrogens with two attached hydrogens (primary N) is 1. The maximum Gasteiger partial charge on any atom is 0.162 e. The molecule has 2 aromatic rings. The van der Waals surface area contributed by atoms with Gasteiger partial charge in [-0.15, -0.1) is 0 Å². The predicted molar refractivity (Wildman–Crippen MR) is 78.7 cm³/mol. The summed E-state index contributed by atoms with van der Waals surface area (Å²) in [6.45, 7) is 3.98. The second-order valence-electron chi connectivity index (χ2n) is 3.98. The SMILES string of the molecule is CCc1nc(-c2cc(Cl)ccc2Br)nc(N)c1C. The second kappa shape index (κ2) is 5.24. The van der Waals surface area contributed by atoms with E-state index in [2.05, 4.69) is 25.9 Å². The molecule has 1 aromatic heterocycles. The zero-order valence-corrected chi connectivity index (χ0v) is 12.5. The van der Waals surface area contributed by atoms with Gasteiger partial charge in [0.2, 0.25) is 0 Å². The van der Waals surface area contributed by atoms with Crippen LogP contribution in [0.15, 0.2) is 22.7 Å². The molecule has 0 saturated carbocycles. The Hall–Kier alpha value is -1.13. The molecule has 94 valence electrons. The predicted octanol–water partition coefficient (Wildman–Crippen LogP) is 4.01. The molecule has 0 radical (unpaired) electrons. The zero-order valence-electron chi connectivity index (χ0n) is 10.2. The van der Waals surface area contributed by atoms with Crippen molar-refractivity contribution in [2.24, 2.45) is 0 Å². The summed E-state index contributed by atoms with van der Waals surface area (Å²) in [6.07, 6.45) is 0.823. The number of anilines is 1. The summed E-state index contributed by atoms with van der Waals surface area (Å²) in [4.78, 5) is 8.88. The average molecular weight is 327 g/mol. The number of halogens is 2. The summed E-state index contributed by atoms with van der Waals surface area (Å²) in [6, 6.07) is 5.52. The van der Waals surface area contributed by atoms with Crippen LogP contribution in [0.1, 0.15) is 18.2 Å². The number of rotatable bonds is 2. The van der Waals surface area contributed by atoms with Gasteiger partial charge in [-0.05, 0) is 31.5 Å². The lowest BCUT2D eigenvalue weighted by Gasteiger charge is -2.10. The van der Waals surface area contributed by atoms with E-state index in [1.54, 1.807) is 0 Å². The van der Waals surface area contributed by atoms with Crippen LogP contribution in [0.5, 0.6) is 0 Å². The maximum atomic E-state index is 6.00. The van der Waals surface area contributed by atoms with Gasteiger partial charge in [0.05, 0.1) is 0 Å². The fourth-order valence-corrected chi connectivity index (χ4v) is 2.31. The van der Waals surface area contributed by atoms with Gasteiger partial charge < -0.3 is 5.73 Å². The highest BCUT2D eigenvalue weighted by Crippen LogP contribution is 2.30. The van der Waals surface area contributed by atoms with Crippen molar-refractivity contribution in [3.05, 3.63) is 39.0 Å². The molecule has 0 amide bonds. The lowest BCUT2D eigenvalue weighted by Crippen LogP contribution is -2.04. The van der Waals surface area contributed by atoms with Gasteiger partial charge in [0.25, 0.3) is 0 Å². The van der Waals surface area contributed by atoms with Crippen molar-refractivity contribution in [3.8, 4) is 11.4 Å². The molecule has 0 bridgehead atoms. The van der Waals surface area contributed by atoms with Crippen molar-refractivity contribution >= 4 is 33.3 Å². The van der Waals surface area contributed by atoms with Crippen molar-refractivity contribution in [3.63, 3.8) is 0 Å². The van der Waals surface area contributed by atoms with Gasteiger partial charge in [0.1, 0.15) is 5.82 Å². The van der Waals surface area contributed by atoms with Crippen LogP contribution in [-0.2, 0) is 6.42 Å². The smallest absolute Gasteiger partial charge is 0.162 e. The Bertz CT molecular complexity index is 599. The van der Waals surface area contributed by atoms with Crippen LogP contribution < -0.4 is 5.73 Å². The molecule has 0 aliphatic rings. The lowest BCUT2D eigenvalue weighted by atomic mass is 10.1. The Morgan fingerprint density at radius 2 is 2.06 bits per heavy atom. The molecule has 2 N–H and O–H groups in total. The second-order valence-corrected chi connectivity index (χ2v) is 5.27. The van der Waals surface area contributed by atoms with Gasteiger partial charge >= 0.3 is 0 Å². The number of aryl methyl sites for hydroxylation is 1. The molecule has 0 aliphatic carbocycles. The molecule has 2 rings (SSSR count). The molecule has 0 saturated heterocycles.